The van der Waals surface area contributed by atoms with Crippen molar-refractivity contribution in [1.29, 1.82) is 0 Å². The van der Waals surface area contributed by atoms with Crippen molar-refractivity contribution in [3.63, 3.8) is 0 Å². The largest absolute Gasteiger partial charge is 0.425 e. The third-order valence-electron chi connectivity index (χ3n) is 4.86. The number of aryl methyl sites for hydroxylation is 1. The molecule has 194 valence electrons. The number of hydrogen-bond acceptors (Lipinski definition) is 8. The van der Waals surface area contributed by atoms with Crippen LogP contribution in [0.25, 0.3) is 0 Å². The second-order valence-corrected chi connectivity index (χ2v) is 9.98. The van der Waals surface area contributed by atoms with E-state index in [1.807, 2.05) is 31.2 Å². The SMILES string of the molecule is CCCCCCl.Cc1ccc(OSC(Cc2ccc(NC(=O)CO)nc2)c2ccsc2[N+](=O)[O-])cc1. The zero-order valence-corrected chi connectivity index (χ0v) is 22.6. The van der Waals surface area contributed by atoms with E-state index in [0.717, 1.165) is 40.4 Å². The van der Waals surface area contributed by atoms with Gasteiger partial charge < -0.3 is 14.6 Å². The number of benzene rings is 1. The van der Waals surface area contributed by atoms with Gasteiger partial charge in [0, 0.05) is 12.1 Å². The fourth-order valence-corrected chi connectivity index (χ4v) is 4.90. The molecule has 0 saturated carbocycles. The van der Waals surface area contributed by atoms with Gasteiger partial charge in [0.1, 0.15) is 18.2 Å². The Bertz CT molecular complexity index is 1070. The third kappa shape index (κ3) is 10.1. The number of carbonyl (C=O) groups excluding carboxylic acids is 1. The number of nitrogens with one attached hydrogen (secondary N) is 1. The molecule has 2 N–H and O–H groups in total. The van der Waals surface area contributed by atoms with E-state index in [9.17, 15) is 14.9 Å². The van der Waals surface area contributed by atoms with Crippen molar-refractivity contribution >= 4 is 51.7 Å². The van der Waals surface area contributed by atoms with Crippen LogP contribution < -0.4 is 9.50 Å². The molecule has 1 unspecified atom stereocenters. The summed E-state index contributed by atoms with van der Waals surface area (Å²) in [5.74, 6) is 1.26. The fourth-order valence-electron chi connectivity index (χ4n) is 2.97. The Morgan fingerprint density at radius 2 is 2.00 bits per heavy atom. The van der Waals surface area contributed by atoms with Crippen LogP contribution in [0.2, 0.25) is 0 Å². The van der Waals surface area contributed by atoms with Crippen molar-refractivity contribution in [2.45, 2.75) is 44.8 Å². The van der Waals surface area contributed by atoms with Crippen LogP contribution >= 0.6 is 35.0 Å². The van der Waals surface area contributed by atoms with Crippen molar-refractivity contribution < 1.29 is 19.0 Å². The number of pyridine rings is 1. The number of carbonyl (C=O) groups is 1. The molecular weight excluding hydrogens is 522 g/mol. The average Bonchev–Trinajstić information content (AvgIpc) is 3.38. The zero-order chi connectivity index (χ0) is 26.3. The second kappa shape index (κ2) is 16.2. The monoisotopic (exact) mass is 551 g/mol. The van der Waals surface area contributed by atoms with Gasteiger partial charge in [0.05, 0.1) is 27.8 Å². The van der Waals surface area contributed by atoms with Crippen molar-refractivity contribution in [3.05, 3.63) is 80.8 Å². The van der Waals surface area contributed by atoms with Crippen LogP contribution in [0.1, 0.15) is 48.1 Å². The fraction of sp³-hybridized carbons (Fsp3) is 0.360. The zero-order valence-electron chi connectivity index (χ0n) is 20.2. The van der Waals surface area contributed by atoms with Gasteiger partial charge in [-0.3, -0.25) is 14.9 Å². The predicted molar refractivity (Wildman–Crippen MR) is 147 cm³/mol. The lowest BCUT2D eigenvalue weighted by Crippen LogP contribution is -2.16. The average molecular weight is 552 g/mol. The number of hydrogen-bond donors (Lipinski definition) is 2. The molecule has 3 aromatic rings. The van der Waals surface area contributed by atoms with E-state index in [0.29, 0.717) is 23.6 Å². The molecule has 8 nitrogen and oxygen atoms in total. The molecule has 0 fully saturated rings. The highest BCUT2D eigenvalue weighted by molar-refractivity contribution is 7.95. The molecule has 0 aliphatic rings. The summed E-state index contributed by atoms with van der Waals surface area (Å²) in [5.41, 5.74) is 2.51. The number of anilines is 1. The van der Waals surface area contributed by atoms with E-state index < -0.39 is 12.5 Å². The maximum atomic E-state index is 11.4. The summed E-state index contributed by atoms with van der Waals surface area (Å²) in [6.07, 6.45) is 5.76. The smallest absolute Gasteiger partial charge is 0.328 e. The minimum atomic E-state index is -0.625. The third-order valence-corrected chi connectivity index (χ3v) is 6.95. The van der Waals surface area contributed by atoms with Gasteiger partial charge in [0.25, 0.3) is 5.91 Å². The van der Waals surface area contributed by atoms with Gasteiger partial charge in [-0.05, 0) is 55.0 Å². The lowest BCUT2D eigenvalue weighted by atomic mass is 10.1. The van der Waals surface area contributed by atoms with Gasteiger partial charge in [0.15, 0.2) is 0 Å². The molecule has 36 heavy (non-hydrogen) atoms. The van der Waals surface area contributed by atoms with Crippen LogP contribution in [0.4, 0.5) is 10.8 Å². The lowest BCUT2D eigenvalue weighted by molar-refractivity contribution is -0.380. The van der Waals surface area contributed by atoms with Crippen molar-refractivity contribution in [1.82, 2.24) is 4.98 Å². The number of halogens is 1. The number of nitro groups is 1. The first-order valence-electron chi connectivity index (χ1n) is 11.4. The molecule has 11 heteroatoms. The van der Waals surface area contributed by atoms with Crippen LogP contribution in [0.15, 0.2) is 54.0 Å². The molecule has 0 aliphatic carbocycles. The number of rotatable bonds is 12. The van der Waals surface area contributed by atoms with Crippen LogP contribution in [0, 0.1) is 17.0 Å². The van der Waals surface area contributed by atoms with Gasteiger partial charge in [0.2, 0.25) is 0 Å². The molecule has 3 rings (SSSR count). The van der Waals surface area contributed by atoms with Gasteiger partial charge in [-0.1, -0.05) is 54.9 Å². The van der Waals surface area contributed by atoms with Crippen LogP contribution in [-0.2, 0) is 11.2 Å². The maximum absolute atomic E-state index is 11.4. The van der Waals surface area contributed by atoms with Crippen LogP contribution in [0.3, 0.4) is 0 Å². The summed E-state index contributed by atoms with van der Waals surface area (Å²) in [7, 11) is 0. The molecular formula is C25H30ClN3O5S2. The number of thiophene rings is 1. The Morgan fingerprint density at radius 1 is 1.25 bits per heavy atom. The molecule has 0 saturated heterocycles. The Kier molecular flexibility index (Phi) is 13.3. The molecule has 0 spiro atoms. The van der Waals surface area contributed by atoms with E-state index in [-0.39, 0.29) is 15.2 Å². The Labute approximate surface area is 224 Å². The quantitative estimate of drug-likeness (QED) is 0.0844. The van der Waals surface area contributed by atoms with Gasteiger partial charge in [-0.2, -0.15) is 0 Å². The van der Waals surface area contributed by atoms with Gasteiger partial charge >= 0.3 is 5.00 Å². The number of alkyl halides is 1. The minimum Gasteiger partial charge on any atom is -0.425 e. The first-order valence-corrected chi connectivity index (χ1v) is 13.6. The molecule has 2 heterocycles. The van der Waals surface area contributed by atoms with Crippen molar-refractivity contribution in [2.75, 3.05) is 17.8 Å². The number of aliphatic hydroxyl groups is 1. The first-order chi connectivity index (χ1) is 17.4. The summed E-state index contributed by atoms with van der Waals surface area (Å²) in [6, 6.07) is 12.7. The highest BCUT2D eigenvalue weighted by Crippen LogP contribution is 2.41. The number of unbranched alkanes of at least 4 members (excludes halogenated alkanes) is 2. The molecule has 0 bridgehead atoms. The van der Waals surface area contributed by atoms with E-state index in [4.69, 9.17) is 20.9 Å². The van der Waals surface area contributed by atoms with E-state index in [2.05, 4.69) is 17.2 Å². The summed E-state index contributed by atoms with van der Waals surface area (Å²) in [4.78, 5) is 26.5. The molecule has 2 aromatic heterocycles. The Morgan fingerprint density at radius 3 is 2.56 bits per heavy atom. The van der Waals surface area contributed by atoms with Crippen LogP contribution in [0.5, 0.6) is 5.75 Å². The minimum absolute atomic E-state index is 0.0831. The first kappa shape index (κ1) is 29.6. The van der Waals surface area contributed by atoms with Gasteiger partial charge in [-0.25, -0.2) is 4.98 Å². The highest BCUT2D eigenvalue weighted by atomic mass is 35.5. The lowest BCUT2D eigenvalue weighted by Gasteiger charge is -2.15. The van der Waals surface area contributed by atoms with Crippen molar-refractivity contribution in [2.24, 2.45) is 0 Å². The van der Waals surface area contributed by atoms with Gasteiger partial charge in [-0.15, -0.1) is 11.6 Å². The summed E-state index contributed by atoms with van der Waals surface area (Å²) >= 11 is 7.61. The van der Waals surface area contributed by atoms with E-state index >= 15 is 0 Å². The van der Waals surface area contributed by atoms with Crippen molar-refractivity contribution in [3.8, 4) is 5.75 Å². The van der Waals surface area contributed by atoms with E-state index in [1.54, 1.807) is 29.8 Å². The summed E-state index contributed by atoms with van der Waals surface area (Å²) < 4.78 is 5.84. The van der Waals surface area contributed by atoms with Crippen LogP contribution in [-0.4, -0.2) is 33.4 Å². The predicted octanol–water partition coefficient (Wildman–Crippen LogP) is 6.72. The van der Waals surface area contributed by atoms with E-state index in [1.165, 1.54) is 19.3 Å². The summed E-state index contributed by atoms with van der Waals surface area (Å²) in [5, 5.41) is 24.1. The topological polar surface area (TPSA) is 115 Å². The molecule has 1 atom stereocenters. The number of amides is 1. The standard InChI is InChI=1S/C20H19N3O5S2.C5H11Cl/c1-13-2-5-15(6-3-13)28-30-17(16-8-9-29-20(16)23(26)27)10-14-4-7-18(21-11-14)22-19(25)12-24;1-2-3-4-5-6/h2-9,11,17,24H,10,12H2,1H3,(H,21,22,25);2-5H2,1H3. The number of aromatic nitrogens is 1. The Balaban J connectivity index is 0.000000678. The molecule has 1 aromatic carbocycles. The molecule has 0 aliphatic heterocycles. The number of nitrogens with zero attached hydrogens (tertiary/aromatic N) is 2. The molecule has 0 radical (unpaired) electrons. The molecule has 1 amide bonds. The maximum Gasteiger partial charge on any atom is 0.328 e. The Hall–Kier alpha value is -2.66. The normalized spacial score (nSPS) is 11.2. The second-order valence-electron chi connectivity index (χ2n) is 7.78. The number of aliphatic hydroxyl groups excluding tert-OH is 1. The highest BCUT2D eigenvalue weighted by Gasteiger charge is 2.26. The summed E-state index contributed by atoms with van der Waals surface area (Å²) in [6.45, 7) is 3.53.